The minimum atomic E-state index is -1.58. The number of carboxylic acid groups (broad SMARTS) is 1. The molecule has 2 fully saturated rings. The summed E-state index contributed by atoms with van der Waals surface area (Å²) in [5.41, 5.74) is 0. The van der Waals surface area contributed by atoms with Crippen LogP contribution in [0.4, 0.5) is 0 Å². The third-order valence-electron chi connectivity index (χ3n) is 9.66. The number of aliphatic hydroxyl groups is 8. The van der Waals surface area contributed by atoms with Gasteiger partial charge in [-0.3, -0.25) is 29.4 Å². The highest BCUT2D eigenvalue weighted by atomic mass is 16.7. The van der Waals surface area contributed by atoms with E-state index in [0.29, 0.717) is 65.0 Å². The fraction of sp³-hybridized carbons (Fsp3) is 0.889. The Labute approximate surface area is 338 Å². The van der Waals surface area contributed by atoms with Crippen molar-refractivity contribution in [1.29, 1.82) is 0 Å². The van der Waals surface area contributed by atoms with Crippen LogP contribution in [0.5, 0.6) is 0 Å². The van der Waals surface area contributed by atoms with Gasteiger partial charge in [0, 0.05) is 45.6 Å². The molecule has 22 nitrogen and oxygen atoms in total. The molecule has 0 bridgehead atoms. The van der Waals surface area contributed by atoms with Gasteiger partial charge >= 0.3 is 5.97 Å². The first-order valence-corrected chi connectivity index (χ1v) is 20.1. The van der Waals surface area contributed by atoms with Gasteiger partial charge in [0.15, 0.2) is 12.6 Å². The average molecular weight is 842 g/mol. The van der Waals surface area contributed by atoms with Gasteiger partial charge in [-0.25, -0.2) is 0 Å². The van der Waals surface area contributed by atoms with E-state index in [2.05, 4.69) is 21.3 Å². The molecule has 0 aromatic rings. The first-order chi connectivity index (χ1) is 27.8. The third-order valence-corrected chi connectivity index (χ3v) is 9.66. The standard InChI is InChI=1S/C36H67N5O17/c42-21-23-29(49)31(51)33(53)35(57-23)55-17-15-41(16-18-56-36-34(54)32(52)30(50)24(22-43)58-36)14-7-2-1-5-11-38-25(44)9-8-13-40-27(46)20-37-19-26(45)39-12-6-3-4-10-28(47)48/h23-24,29-37,42-43,49-54H,1-22H2,(H,38,44)(H,39,45)(H,40,46)(H,47,48)/t23-,24-,29-,30-,31+,32+,33+,34+,35+,36+/m1/s1. The minimum Gasteiger partial charge on any atom is -0.481 e. The number of rotatable bonds is 31. The fourth-order valence-electron chi connectivity index (χ4n) is 6.17. The minimum absolute atomic E-state index is 0.0228. The summed E-state index contributed by atoms with van der Waals surface area (Å²) in [5, 5.41) is 99.2. The van der Waals surface area contributed by atoms with E-state index >= 15 is 0 Å². The molecule has 2 heterocycles. The Balaban J connectivity index is 1.62. The molecule has 0 radical (unpaired) electrons. The van der Waals surface area contributed by atoms with Crippen LogP contribution < -0.4 is 21.3 Å². The van der Waals surface area contributed by atoms with Crippen molar-refractivity contribution < 1.29 is 84.1 Å². The molecule has 0 saturated carbocycles. The van der Waals surface area contributed by atoms with E-state index in [9.17, 15) is 60.0 Å². The first kappa shape index (κ1) is 51.5. The van der Waals surface area contributed by atoms with Gasteiger partial charge in [-0.15, -0.1) is 0 Å². The van der Waals surface area contributed by atoms with Gasteiger partial charge in [0.05, 0.1) is 39.5 Å². The van der Waals surface area contributed by atoms with Crippen LogP contribution >= 0.6 is 0 Å². The second-order valence-corrected chi connectivity index (χ2v) is 14.4. The molecule has 10 atom stereocenters. The van der Waals surface area contributed by atoms with E-state index in [4.69, 9.17) is 24.1 Å². The van der Waals surface area contributed by atoms with E-state index in [-0.39, 0.29) is 56.9 Å². The molecule has 338 valence electrons. The van der Waals surface area contributed by atoms with Gasteiger partial charge in [0.1, 0.15) is 48.8 Å². The average Bonchev–Trinajstić information content (AvgIpc) is 3.19. The second kappa shape index (κ2) is 29.5. The van der Waals surface area contributed by atoms with Crippen LogP contribution in [0.2, 0.25) is 0 Å². The molecule has 0 spiro atoms. The number of carbonyl (C=O) groups is 4. The number of hydrogen-bond acceptors (Lipinski definition) is 18. The number of ether oxygens (including phenoxy) is 4. The number of hydrogen-bond donors (Lipinski definition) is 13. The van der Waals surface area contributed by atoms with Crippen LogP contribution in [0.3, 0.4) is 0 Å². The SMILES string of the molecule is O=C(O)CCCCCNC(=O)CNCC(=O)NCCCC(=O)NCCCCCCN(CCO[C@H]1O[C@H](CO)[C@@H](O)[C@H](O)[C@@H]1O)CCO[C@H]1O[C@H](CO)[C@@H](O)[C@H](O)[C@@H]1O. The first-order valence-electron chi connectivity index (χ1n) is 20.1. The van der Waals surface area contributed by atoms with Crippen LogP contribution in [-0.4, -0.2) is 215 Å². The van der Waals surface area contributed by atoms with Gasteiger partial charge in [-0.05, 0) is 38.6 Å². The number of aliphatic carboxylic acids is 1. The number of carboxylic acids is 1. The van der Waals surface area contributed by atoms with Crippen molar-refractivity contribution in [3.8, 4) is 0 Å². The van der Waals surface area contributed by atoms with Crippen molar-refractivity contribution in [2.45, 2.75) is 126 Å². The van der Waals surface area contributed by atoms with Crippen LogP contribution in [0, 0.1) is 0 Å². The smallest absolute Gasteiger partial charge is 0.303 e. The summed E-state index contributed by atoms with van der Waals surface area (Å²) >= 11 is 0. The summed E-state index contributed by atoms with van der Waals surface area (Å²) in [6.45, 7) is 1.15. The predicted octanol–water partition coefficient (Wildman–Crippen LogP) is -5.15. The Morgan fingerprint density at radius 3 is 1.45 bits per heavy atom. The van der Waals surface area contributed by atoms with E-state index < -0.39 is 80.6 Å². The maximum absolute atomic E-state index is 12.2. The predicted molar refractivity (Wildman–Crippen MR) is 202 cm³/mol. The molecule has 0 aromatic heterocycles. The molecule has 22 heteroatoms. The van der Waals surface area contributed by atoms with Gasteiger partial charge in [0.2, 0.25) is 17.7 Å². The zero-order chi connectivity index (χ0) is 42.9. The topological polar surface area (TPSA) is 339 Å². The molecule has 2 aliphatic heterocycles. The van der Waals surface area contributed by atoms with E-state index in [1.54, 1.807) is 0 Å². The van der Waals surface area contributed by atoms with Crippen LogP contribution in [-0.2, 0) is 38.1 Å². The fourth-order valence-corrected chi connectivity index (χ4v) is 6.17. The zero-order valence-corrected chi connectivity index (χ0v) is 33.1. The molecule has 0 aliphatic carbocycles. The molecule has 0 unspecified atom stereocenters. The summed E-state index contributed by atoms with van der Waals surface area (Å²) in [6.07, 6.45) is -8.35. The molecular formula is C36H67N5O17. The normalized spacial score (nSPS) is 27.3. The van der Waals surface area contributed by atoms with Gasteiger partial charge in [0.25, 0.3) is 0 Å². The molecule has 0 aromatic carbocycles. The largest absolute Gasteiger partial charge is 0.481 e. The van der Waals surface area contributed by atoms with Crippen molar-refractivity contribution >= 4 is 23.7 Å². The summed E-state index contributed by atoms with van der Waals surface area (Å²) in [5.74, 6) is -1.55. The number of unbranched alkanes of at least 4 members (excludes halogenated alkanes) is 5. The molecule has 3 amide bonds. The summed E-state index contributed by atoms with van der Waals surface area (Å²) in [6, 6.07) is 0. The van der Waals surface area contributed by atoms with E-state index in [1.165, 1.54) is 0 Å². The lowest BCUT2D eigenvalue weighted by atomic mass is 9.99. The van der Waals surface area contributed by atoms with Crippen molar-refractivity contribution in [3.05, 3.63) is 0 Å². The molecule has 2 rings (SSSR count). The second-order valence-electron chi connectivity index (χ2n) is 14.4. The Kier molecular flexibility index (Phi) is 26.2. The molecular weight excluding hydrogens is 774 g/mol. The quantitative estimate of drug-likeness (QED) is 0.0290. The van der Waals surface area contributed by atoms with Crippen molar-refractivity contribution in [2.24, 2.45) is 0 Å². The number of carbonyl (C=O) groups excluding carboxylic acids is 3. The number of amides is 3. The van der Waals surface area contributed by atoms with E-state index in [0.717, 1.165) is 25.7 Å². The van der Waals surface area contributed by atoms with Crippen molar-refractivity contribution in [2.75, 3.05) is 78.8 Å². The highest BCUT2D eigenvalue weighted by Gasteiger charge is 2.45. The molecule has 58 heavy (non-hydrogen) atoms. The van der Waals surface area contributed by atoms with Crippen LogP contribution in [0.25, 0.3) is 0 Å². The highest BCUT2D eigenvalue weighted by Crippen LogP contribution is 2.23. The van der Waals surface area contributed by atoms with Gasteiger partial charge in [-0.2, -0.15) is 0 Å². The number of nitrogens with one attached hydrogen (secondary N) is 4. The number of aliphatic hydroxyl groups excluding tert-OH is 8. The Hall–Kier alpha value is -2.68. The Morgan fingerprint density at radius 1 is 0.517 bits per heavy atom. The Morgan fingerprint density at radius 2 is 0.966 bits per heavy atom. The Bertz CT molecular complexity index is 1130. The van der Waals surface area contributed by atoms with Crippen LogP contribution in [0.1, 0.15) is 64.2 Å². The molecule has 13 N–H and O–H groups in total. The molecule has 2 aliphatic rings. The lowest BCUT2D eigenvalue weighted by Gasteiger charge is -2.40. The van der Waals surface area contributed by atoms with Crippen LogP contribution in [0.15, 0.2) is 0 Å². The summed E-state index contributed by atoms with van der Waals surface area (Å²) < 4.78 is 22.1. The molecule has 2 saturated heterocycles. The van der Waals surface area contributed by atoms with Gasteiger partial charge in [-0.1, -0.05) is 19.3 Å². The zero-order valence-electron chi connectivity index (χ0n) is 33.1. The van der Waals surface area contributed by atoms with Crippen molar-refractivity contribution in [3.63, 3.8) is 0 Å². The van der Waals surface area contributed by atoms with Crippen molar-refractivity contribution in [1.82, 2.24) is 26.2 Å². The third kappa shape index (κ3) is 20.1. The lowest BCUT2D eigenvalue weighted by molar-refractivity contribution is -0.303. The summed E-state index contributed by atoms with van der Waals surface area (Å²) in [7, 11) is 0. The maximum atomic E-state index is 12.2. The lowest BCUT2D eigenvalue weighted by Crippen LogP contribution is -2.59. The van der Waals surface area contributed by atoms with E-state index in [1.807, 2.05) is 4.90 Å². The maximum Gasteiger partial charge on any atom is 0.303 e. The monoisotopic (exact) mass is 841 g/mol. The summed E-state index contributed by atoms with van der Waals surface area (Å²) in [4.78, 5) is 48.5. The highest BCUT2D eigenvalue weighted by molar-refractivity contribution is 5.81. The van der Waals surface area contributed by atoms with Gasteiger partial charge < -0.3 is 80.9 Å². The number of nitrogens with zero attached hydrogens (tertiary/aromatic N) is 1.